The van der Waals surface area contributed by atoms with Crippen LogP contribution in [0.5, 0.6) is 0 Å². The average molecular weight is 2010 g/mol. The summed E-state index contributed by atoms with van der Waals surface area (Å²) >= 11 is -0.316. The molecule has 0 aliphatic heterocycles. The van der Waals surface area contributed by atoms with Gasteiger partial charge in [0.15, 0.2) is 46.5 Å². The Hall–Kier alpha value is -5.33. The summed E-state index contributed by atoms with van der Waals surface area (Å²) in [7, 11) is -20.5. The Balaban J connectivity index is -0.00000142. The Morgan fingerprint density at radius 1 is 0.333 bits per heavy atom. The van der Waals surface area contributed by atoms with Crippen molar-refractivity contribution in [2.75, 3.05) is 119 Å². The van der Waals surface area contributed by atoms with Gasteiger partial charge in [-0.25, -0.2) is 53.9 Å². The molecule has 57 heteroatoms. The van der Waals surface area contributed by atoms with E-state index in [1.54, 1.807) is 41.5 Å². The SMILES string of the molecule is C=CC(=O)O[Si](OCC)(OCC)OCC.CCO[Si](OCC)(OCC)OC(=O)C(F)(F)C(F)=C(F)F.CCO[Si](OCC)(OCC)OC(=O)C(F)(F)Cl.CCO[Si](OCC)(OCC)c1c(F)c(F)c(C(F)(F)F)c(F)c1F.CCO[Si](OCC)(OCC)c1c(F)c(F)c(C(F)=C(F)F)c(F)c1F.CC[O][Ge]([O]CC)([O]CC)[c]1c(F)c(F)c(F)c(F)c1F. The summed E-state index contributed by atoms with van der Waals surface area (Å²) in [5.74, 6) is -45.0. The van der Waals surface area contributed by atoms with Crippen molar-refractivity contribution in [2.45, 2.75) is 142 Å². The summed E-state index contributed by atoms with van der Waals surface area (Å²) in [4.78, 5) is 33.4. The van der Waals surface area contributed by atoms with Gasteiger partial charge < -0.3 is 79.7 Å². The summed E-state index contributed by atoms with van der Waals surface area (Å²) in [6, 6.07) is 0. The van der Waals surface area contributed by atoms with E-state index in [4.69, 9.17) is 82.1 Å². The van der Waals surface area contributed by atoms with E-state index in [1.165, 1.54) is 83.1 Å². The monoisotopic (exact) mass is 2010 g/mol. The van der Waals surface area contributed by atoms with Crippen LogP contribution in [-0.4, -0.2) is 207 Å². The summed E-state index contributed by atoms with van der Waals surface area (Å²) in [5, 5.41) is -6.90. The zero-order valence-corrected chi connectivity index (χ0v) is 76.9. The molecular formula is C66H93ClF26GeO24Si5. The molecule has 0 aliphatic rings. The molecular weight excluding hydrogens is 1920 g/mol. The van der Waals surface area contributed by atoms with E-state index >= 15 is 0 Å². The molecule has 714 valence electrons. The third-order valence-electron chi connectivity index (χ3n) is 13.0. The van der Waals surface area contributed by atoms with Gasteiger partial charge >= 0.3 is 214 Å². The predicted molar refractivity (Wildman–Crippen MR) is 391 cm³/mol. The molecule has 0 atom stereocenters. The van der Waals surface area contributed by atoms with Crippen molar-refractivity contribution in [2.24, 2.45) is 0 Å². The molecule has 3 aromatic carbocycles. The molecule has 0 saturated carbocycles. The maximum atomic E-state index is 14.4. The standard InChI is InChI=1S/C14H15F7O3Si.C13H15F7O3Si.C12H15F5GeO3.C10H15F5O5Si.C9H18O5Si.C8H15ClF2O5Si/c1-4-22-25(23-5-2,24-6-3)13-11(18)8(15)7(9(16)12(13)19)10(17)14(20)21;1-4-21-24(22-5-2,23-6-3)12-10(16)8(14)7(13(18,19)20)9(15)11(12)17;1-4-19-18(20-5-2,21-6-3)12-10(16)8(14)7(13)9(15)11(12)17;1-4-17-21(18-5-2,19-6-3)20-9(16)10(14,15)7(11)8(12)13;1-5-9(10)14-15(11-6-2,12-7-3)13-8-4;1-4-13-17(14-5-2,15-6-3)16-7(12)8(9,10)11/h4-6H2,1-3H3;4-6H2,1-3H3;2*4-6H2,1-3H3;5H,1,6-8H2,2-4H3;4-6H2,1-3H3. The van der Waals surface area contributed by atoms with Gasteiger partial charge in [0.2, 0.25) is 11.7 Å². The van der Waals surface area contributed by atoms with Crippen LogP contribution in [0, 0.1) is 75.6 Å². The zero-order chi connectivity index (χ0) is 96.2. The molecule has 0 aliphatic carbocycles. The number of benzene rings is 3. The van der Waals surface area contributed by atoms with Gasteiger partial charge in [-0.15, -0.1) is 0 Å². The van der Waals surface area contributed by atoms with E-state index in [9.17, 15) is 129 Å². The van der Waals surface area contributed by atoms with Crippen LogP contribution in [0.3, 0.4) is 0 Å². The average Bonchev–Trinajstić information content (AvgIpc) is 0.745. The molecule has 0 heterocycles. The van der Waals surface area contributed by atoms with Crippen LogP contribution in [0.4, 0.5) is 114 Å². The van der Waals surface area contributed by atoms with Gasteiger partial charge in [-0.2, -0.15) is 52.7 Å². The normalized spacial score (nSPS) is 12.1. The van der Waals surface area contributed by atoms with Gasteiger partial charge in [0, 0.05) is 105 Å². The van der Waals surface area contributed by atoms with Gasteiger partial charge in [0.1, 0.15) is 5.56 Å². The Labute approximate surface area is 704 Å². The summed E-state index contributed by atoms with van der Waals surface area (Å²) in [5.41, 5.74) is -4.81. The van der Waals surface area contributed by atoms with Gasteiger partial charge in [-0.1, -0.05) is 6.58 Å². The predicted octanol–water partition coefficient (Wildman–Crippen LogP) is 16.1. The fourth-order valence-corrected chi connectivity index (χ4v) is 25.1. The van der Waals surface area contributed by atoms with Crippen molar-refractivity contribution < 1.29 is 219 Å². The van der Waals surface area contributed by atoms with Gasteiger partial charge in [0.05, 0.1) is 15.9 Å². The van der Waals surface area contributed by atoms with E-state index in [0.29, 0.717) is 19.8 Å². The van der Waals surface area contributed by atoms with Crippen molar-refractivity contribution in [1.82, 2.24) is 0 Å². The summed E-state index contributed by atoms with van der Waals surface area (Å²) < 4.78 is 449. The Morgan fingerprint density at radius 3 is 0.797 bits per heavy atom. The topological polar surface area (TPSA) is 245 Å². The minimum absolute atomic E-state index is 0.0561. The number of carbonyl (C=O) groups excluding carboxylic acids is 3. The quantitative estimate of drug-likeness (QED) is 0.0127. The van der Waals surface area contributed by atoms with Crippen molar-refractivity contribution in [3.63, 3.8) is 0 Å². The fraction of sp³-hybridized carbons (Fsp3) is 0.591. The van der Waals surface area contributed by atoms with Crippen LogP contribution in [0.2, 0.25) is 0 Å². The van der Waals surface area contributed by atoms with E-state index in [2.05, 4.69) is 27.0 Å². The number of alkyl halides is 8. The first kappa shape index (κ1) is 122. The molecule has 0 aromatic heterocycles. The number of halogens is 27. The number of rotatable bonds is 47. The molecule has 0 spiro atoms. The van der Waals surface area contributed by atoms with Gasteiger partial charge in [-0.3, -0.25) is 0 Å². The van der Waals surface area contributed by atoms with Gasteiger partial charge in [-0.05, 0) is 115 Å². The van der Waals surface area contributed by atoms with Crippen LogP contribution in [-0.2, 0) is 112 Å². The molecule has 0 fully saturated rings. The third-order valence-corrected chi connectivity index (χ3v) is 32.8. The Bertz CT molecular complexity index is 3620. The van der Waals surface area contributed by atoms with E-state index in [0.717, 1.165) is 6.08 Å². The molecule has 0 bridgehead atoms. The first-order chi connectivity index (χ1) is 57.2. The second kappa shape index (κ2) is 58.3. The Morgan fingerprint density at radius 2 is 0.577 bits per heavy atom. The molecule has 123 heavy (non-hydrogen) atoms. The summed E-state index contributed by atoms with van der Waals surface area (Å²) in [6.45, 7) is 30.3. The molecule has 0 unspecified atom stereocenters. The summed E-state index contributed by atoms with van der Waals surface area (Å²) in [6.07, 6.45) is -11.0. The van der Waals surface area contributed by atoms with E-state index in [-0.39, 0.29) is 99.1 Å². The second-order valence-electron chi connectivity index (χ2n) is 21.0. The fourth-order valence-electron chi connectivity index (χ4n) is 8.90. The number of carbonyl (C=O) groups is 3. The van der Waals surface area contributed by atoms with Crippen molar-refractivity contribution in [1.29, 1.82) is 0 Å². The minimum atomic E-state index is -5.62. The molecule has 0 N–H and O–H groups in total. The third kappa shape index (κ3) is 34.9. The molecule has 0 radical (unpaired) electrons. The van der Waals surface area contributed by atoms with Crippen molar-refractivity contribution >= 4 is 109 Å². The second-order valence-corrected chi connectivity index (χ2v) is 37.9. The van der Waals surface area contributed by atoms with Crippen LogP contribution >= 0.6 is 11.6 Å². The van der Waals surface area contributed by atoms with Crippen LogP contribution < -0.4 is 14.8 Å². The van der Waals surface area contributed by atoms with Crippen molar-refractivity contribution in [3.05, 3.63) is 117 Å². The molecule has 24 nitrogen and oxygen atoms in total. The van der Waals surface area contributed by atoms with Crippen LogP contribution in [0.1, 0.15) is 136 Å². The maximum absolute atomic E-state index is 14.4. The number of hydrogen-bond acceptors (Lipinski definition) is 24. The van der Waals surface area contributed by atoms with E-state index < -0.39 is 220 Å². The molecule has 3 rings (SSSR count). The van der Waals surface area contributed by atoms with Crippen LogP contribution in [0.15, 0.2) is 30.6 Å². The zero-order valence-electron chi connectivity index (χ0n) is 69.0. The number of hydrogen-bond donors (Lipinski definition) is 0. The first-order valence-corrected chi connectivity index (χ1v) is 48.6. The van der Waals surface area contributed by atoms with Gasteiger partial charge in [0.25, 0.3) is 0 Å². The molecule has 3 aromatic rings. The molecule has 0 saturated heterocycles. The first-order valence-electron chi connectivity index (χ1n) is 36.2. The molecule has 0 amide bonds. The van der Waals surface area contributed by atoms with Crippen molar-refractivity contribution in [3.8, 4) is 0 Å². The van der Waals surface area contributed by atoms with Crippen LogP contribution in [0.25, 0.3) is 5.83 Å². The Kier molecular flexibility index (Phi) is 57.7. The van der Waals surface area contributed by atoms with E-state index in [1.807, 2.05) is 0 Å².